The second-order valence-corrected chi connectivity index (χ2v) is 7.00. The largest absolute Gasteiger partial charge is 0.491 e. The Morgan fingerprint density at radius 1 is 1.14 bits per heavy atom. The van der Waals surface area contributed by atoms with Crippen molar-refractivity contribution in [3.8, 4) is 5.75 Å². The lowest BCUT2D eigenvalue weighted by molar-refractivity contribution is 0.0966. The number of halogens is 4. The third-order valence-electron chi connectivity index (χ3n) is 3.65. The molecule has 3 rings (SSSR count). The van der Waals surface area contributed by atoms with Crippen LogP contribution in [-0.4, -0.2) is 23.1 Å². The Balaban J connectivity index is 1.81. The van der Waals surface area contributed by atoms with Crippen LogP contribution >= 0.6 is 23.6 Å². The van der Waals surface area contributed by atoms with Crippen LogP contribution in [0.5, 0.6) is 5.75 Å². The van der Waals surface area contributed by atoms with Crippen molar-refractivity contribution in [2.45, 2.75) is 6.92 Å². The highest BCUT2D eigenvalue weighted by atomic mass is 32.1. The average molecular weight is 429 g/mol. The molecule has 1 amide bonds. The first-order valence-electron chi connectivity index (χ1n) is 7.62. The normalized spacial score (nSPS) is 10.8. The number of amides is 1. The maximum absolute atomic E-state index is 14.0. The number of carbonyl (C=O) groups is 1. The molecule has 0 atom stereocenters. The first kappa shape index (κ1) is 20.0. The van der Waals surface area contributed by atoms with Gasteiger partial charge in [0.25, 0.3) is 5.91 Å². The molecule has 0 aliphatic carbocycles. The van der Waals surface area contributed by atoms with E-state index in [0.717, 1.165) is 17.4 Å². The highest BCUT2D eigenvalue weighted by molar-refractivity contribution is 7.80. The standard InChI is InChI=1S/C17H11F4N3O2S2/c1-6-3-4-7-8(5-6)28-17(22-7)24-16(27)23-15(25)9-10(18)12(20)14(26-2)13(21)11(9)19/h3-5H,1-2H3,(H2,22,23,24,25,27). The number of thiocarbonyl (C=S) groups is 1. The van der Waals surface area contributed by atoms with Crippen molar-refractivity contribution in [2.75, 3.05) is 12.4 Å². The van der Waals surface area contributed by atoms with E-state index >= 15 is 0 Å². The van der Waals surface area contributed by atoms with Crippen LogP contribution in [0.2, 0.25) is 0 Å². The molecule has 0 aliphatic rings. The summed E-state index contributed by atoms with van der Waals surface area (Å²) in [6.07, 6.45) is 0. The molecule has 28 heavy (non-hydrogen) atoms. The summed E-state index contributed by atoms with van der Waals surface area (Å²) in [5.74, 6) is -10.2. The van der Waals surface area contributed by atoms with Crippen LogP contribution in [0.1, 0.15) is 15.9 Å². The molecule has 5 nitrogen and oxygen atoms in total. The van der Waals surface area contributed by atoms with Gasteiger partial charge in [-0.2, -0.15) is 8.78 Å². The lowest BCUT2D eigenvalue weighted by Gasteiger charge is -2.11. The van der Waals surface area contributed by atoms with Crippen molar-refractivity contribution >= 4 is 49.9 Å². The minimum atomic E-state index is -1.90. The Bertz CT molecular complexity index is 1090. The van der Waals surface area contributed by atoms with Crippen LogP contribution < -0.4 is 15.4 Å². The molecule has 0 spiro atoms. The number of rotatable bonds is 3. The Hall–Kier alpha value is -2.79. The van der Waals surface area contributed by atoms with Crippen LogP contribution in [0.3, 0.4) is 0 Å². The molecular formula is C17H11F4N3O2S2. The fraction of sp³-hybridized carbons (Fsp3) is 0.118. The van der Waals surface area contributed by atoms with E-state index in [9.17, 15) is 22.4 Å². The van der Waals surface area contributed by atoms with Crippen molar-refractivity contribution in [3.63, 3.8) is 0 Å². The fourth-order valence-electron chi connectivity index (χ4n) is 2.37. The Labute approximate surface area is 165 Å². The van der Waals surface area contributed by atoms with Gasteiger partial charge in [0, 0.05) is 0 Å². The summed E-state index contributed by atoms with van der Waals surface area (Å²) in [5.41, 5.74) is 0.247. The van der Waals surface area contributed by atoms with Gasteiger partial charge >= 0.3 is 0 Å². The van der Waals surface area contributed by atoms with E-state index < -0.39 is 40.5 Å². The van der Waals surface area contributed by atoms with Gasteiger partial charge in [0.05, 0.1) is 17.3 Å². The first-order chi connectivity index (χ1) is 13.2. The second kappa shape index (κ2) is 7.68. The van der Waals surface area contributed by atoms with Gasteiger partial charge in [0.15, 0.2) is 27.6 Å². The Kier molecular flexibility index (Phi) is 5.47. The predicted octanol–water partition coefficient (Wildman–Crippen LogP) is 4.30. The average Bonchev–Trinajstić information content (AvgIpc) is 3.01. The number of carbonyl (C=O) groups excluding carboxylic acids is 1. The van der Waals surface area contributed by atoms with Crippen molar-refractivity contribution in [2.24, 2.45) is 0 Å². The fourth-order valence-corrected chi connectivity index (χ4v) is 3.59. The van der Waals surface area contributed by atoms with Gasteiger partial charge in [-0.3, -0.25) is 10.1 Å². The zero-order valence-electron chi connectivity index (χ0n) is 14.3. The molecule has 0 aliphatic heterocycles. The lowest BCUT2D eigenvalue weighted by Crippen LogP contribution is -2.35. The number of anilines is 1. The molecule has 0 unspecified atom stereocenters. The smallest absolute Gasteiger partial charge is 0.263 e. The third kappa shape index (κ3) is 3.62. The second-order valence-electron chi connectivity index (χ2n) is 5.56. The molecule has 2 N–H and O–H groups in total. The molecule has 0 saturated heterocycles. The molecule has 11 heteroatoms. The molecule has 3 aromatic rings. The number of benzene rings is 2. The number of thiazole rings is 1. The van der Waals surface area contributed by atoms with Crippen LogP contribution in [0.4, 0.5) is 22.7 Å². The quantitative estimate of drug-likeness (QED) is 0.369. The molecule has 0 fully saturated rings. The van der Waals surface area contributed by atoms with Crippen molar-refractivity contribution in [1.29, 1.82) is 0 Å². The first-order valence-corrected chi connectivity index (χ1v) is 8.84. The van der Waals surface area contributed by atoms with Gasteiger partial charge in [0.2, 0.25) is 11.6 Å². The SMILES string of the molecule is COc1c(F)c(F)c(C(=O)NC(=S)Nc2nc3ccc(C)cc3s2)c(F)c1F. The lowest BCUT2D eigenvalue weighted by atomic mass is 10.1. The van der Waals surface area contributed by atoms with Crippen LogP contribution in [-0.2, 0) is 0 Å². The van der Waals surface area contributed by atoms with Gasteiger partial charge in [-0.1, -0.05) is 17.4 Å². The van der Waals surface area contributed by atoms with Crippen LogP contribution in [0.25, 0.3) is 10.2 Å². The Morgan fingerprint density at radius 3 is 2.39 bits per heavy atom. The summed E-state index contributed by atoms with van der Waals surface area (Å²) in [4.78, 5) is 16.3. The van der Waals surface area contributed by atoms with E-state index in [2.05, 4.69) is 15.0 Å². The van der Waals surface area contributed by atoms with Crippen molar-refractivity contribution < 1.29 is 27.1 Å². The van der Waals surface area contributed by atoms with E-state index in [1.807, 2.05) is 24.4 Å². The maximum Gasteiger partial charge on any atom is 0.263 e. The molecular weight excluding hydrogens is 418 g/mol. The van der Waals surface area contributed by atoms with E-state index in [-0.39, 0.29) is 5.11 Å². The molecule has 146 valence electrons. The number of nitrogens with zero attached hydrogens (tertiary/aromatic N) is 1. The molecule has 0 saturated carbocycles. The molecule has 1 aromatic heterocycles. The summed E-state index contributed by atoms with van der Waals surface area (Å²) < 4.78 is 60.6. The maximum atomic E-state index is 14.0. The summed E-state index contributed by atoms with van der Waals surface area (Å²) in [5, 5.41) is 4.53. The molecule has 0 radical (unpaired) electrons. The number of ether oxygens (including phenoxy) is 1. The van der Waals surface area contributed by atoms with Crippen molar-refractivity contribution in [3.05, 3.63) is 52.6 Å². The zero-order chi connectivity index (χ0) is 20.6. The summed E-state index contributed by atoms with van der Waals surface area (Å²) in [6, 6.07) is 5.55. The number of methoxy groups -OCH3 is 1. The minimum absolute atomic E-state index is 0.318. The summed E-state index contributed by atoms with van der Waals surface area (Å²) in [6.45, 7) is 1.91. The van der Waals surface area contributed by atoms with E-state index in [1.54, 1.807) is 6.07 Å². The highest BCUT2D eigenvalue weighted by Gasteiger charge is 2.30. The predicted molar refractivity (Wildman–Crippen MR) is 101 cm³/mol. The molecule has 2 aromatic carbocycles. The van der Waals surface area contributed by atoms with Crippen LogP contribution in [0, 0.1) is 30.2 Å². The number of fused-ring (bicyclic) bond motifs is 1. The van der Waals surface area contributed by atoms with Gasteiger partial charge in [-0.05, 0) is 36.8 Å². The molecule has 0 bridgehead atoms. The van der Waals surface area contributed by atoms with E-state index in [1.165, 1.54) is 11.3 Å². The zero-order valence-corrected chi connectivity index (χ0v) is 16.0. The van der Waals surface area contributed by atoms with Crippen LogP contribution in [0.15, 0.2) is 18.2 Å². The van der Waals surface area contributed by atoms with E-state index in [4.69, 9.17) is 12.2 Å². The van der Waals surface area contributed by atoms with Gasteiger partial charge in [-0.15, -0.1) is 0 Å². The third-order valence-corrected chi connectivity index (χ3v) is 4.78. The minimum Gasteiger partial charge on any atom is -0.491 e. The van der Waals surface area contributed by atoms with Crippen molar-refractivity contribution in [1.82, 2.24) is 10.3 Å². The number of nitrogens with one attached hydrogen (secondary N) is 2. The number of hydrogen-bond acceptors (Lipinski definition) is 5. The van der Waals surface area contributed by atoms with E-state index in [0.29, 0.717) is 10.6 Å². The topological polar surface area (TPSA) is 63.2 Å². The monoisotopic (exact) mass is 429 g/mol. The highest BCUT2D eigenvalue weighted by Crippen LogP contribution is 2.30. The van der Waals surface area contributed by atoms with Gasteiger partial charge in [0.1, 0.15) is 5.56 Å². The summed E-state index contributed by atoms with van der Waals surface area (Å²) in [7, 11) is 0.832. The number of hydrogen-bond donors (Lipinski definition) is 2. The molecule has 1 heterocycles. The van der Waals surface area contributed by atoms with Gasteiger partial charge < -0.3 is 10.1 Å². The number of aryl methyl sites for hydroxylation is 1. The Morgan fingerprint density at radius 2 is 1.79 bits per heavy atom. The number of aromatic nitrogens is 1. The van der Waals surface area contributed by atoms with Gasteiger partial charge in [-0.25, -0.2) is 13.8 Å². The summed E-state index contributed by atoms with van der Waals surface area (Å²) >= 11 is 6.14.